The predicted molar refractivity (Wildman–Crippen MR) is 114 cm³/mol. The van der Waals surface area contributed by atoms with Crippen LogP contribution in [0.4, 0.5) is 14.5 Å². The molecule has 0 atom stereocenters. The maximum absolute atomic E-state index is 14.5. The summed E-state index contributed by atoms with van der Waals surface area (Å²) in [6.07, 6.45) is 1.58. The fourth-order valence-electron chi connectivity index (χ4n) is 3.27. The van der Waals surface area contributed by atoms with Gasteiger partial charge in [-0.05, 0) is 60.2 Å². The lowest BCUT2D eigenvalue weighted by molar-refractivity contribution is -0.113. The van der Waals surface area contributed by atoms with Crippen molar-refractivity contribution in [2.75, 3.05) is 19.1 Å². The zero-order valence-corrected chi connectivity index (χ0v) is 16.8. The third-order valence-electron chi connectivity index (χ3n) is 4.77. The van der Waals surface area contributed by atoms with Gasteiger partial charge in [0.05, 0.1) is 25.5 Å². The molecular weight excluding hydrogens is 402 g/mol. The maximum atomic E-state index is 14.5. The van der Waals surface area contributed by atoms with E-state index in [1.165, 1.54) is 55.5 Å². The highest BCUT2D eigenvalue weighted by Crippen LogP contribution is 2.31. The molecule has 3 aromatic carbocycles. The van der Waals surface area contributed by atoms with Gasteiger partial charge in [-0.15, -0.1) is 0 Å². The van der Waals surface area contributed by atoms with Crippen LogP contribution in [0.25, 0.3) is 6.08 Å². The number of ether oxygens (including phenoxy) is 2. The summed E-state index contributed by atoms with van der Waals surface area (Å²) in [6, 6.07) is 16.6. The van der Waals surface area contributed by atoms with E-state index in [9.17, 15) is 13.6 Å². The highest BCUT2D eigenvalue weighted by atomic mass is 19.1. The van der Waals surface area contributed by atoms with Gasteiger partial charge in [-0.1, -0.05) is 18.2 Å². The van der Waals surface area contributed by atoms with Crippen LogP contribution in [-0.4, -0.2) is 26.0 Å². The molecular formula is C24H18F2N2O3. The highest BCUT2D eigenvalue weighted by molar-refractivity contribution is 6.33. The third-order valence-corrected chi connectivity index (χ3v) is 4.77. The monoisotopic (exact) mass is 420 g/mol. The molecule has 0 aliphatic carbocycles. The number of hydrogen-bond donors (Lipinski definition) is 0. The summed E-state index contributed by atoms with van der Waals surface area (Å²) in [5, 5.41) is 0. The number of halogens is 2. The van der Waals surface area contributed by atoms with Gasteiger partial charge >= 0.3 is 0 Å². The van der Waals surface area contributed by atoms with Crippen LogP contribution >= 0.6 is 0 Å². The van der Waals surface area contributed by atoms with Crippen LogP contribution in [-0.2, 0) is 4.79 Å². The number of benzene rings is 3. The Labute approximate surface area is 177 Å². The maximum Gasteiger partial charge on any atom is 0.282 e. The van der Waals surface area contributed by atoms with Crippen molar-refractivity contribution in [1.82, 2.24) is 0 Å². The second-order valence-corrected chi connectivity index (χ2v) is 6.68. The van der Waals surface area contributed by atoms with Crippen molar-refractivity contribution in [2.24, 2.45) is 4.99 Å². The summed E-state index contributed by atoms with van der Waals surface area (Å²) >= 11 is 0. The molecule has 7 heteroatoms. The van der Waals surface area contributed by atoms with Crippen molar-refractivity contribution in [3.8, 4) is 11.5 Å². The number of hydrogen-bond acceptors (Lipinski definition) is 4. The van der Waals surface area contributed by atoms with E-state index >= 15 is 0 Å². The highest BCUT2D eigenvalue weighted by Gasteiger charge is 2.33. The van der Waals surface area contributed by atoms with Gasteiger partial charge in [0.25, 0.3) is 5.91 Å². The first-order valence-corrected chi connectivity index (χ1v) is 9.39. The molecule has 1 aliphatic rings. The Hall–Kier alpha value is -4.00. The lowest BCUT2D eigenvalue weighted by Crippen LogP contribution is -2.33. The van der Waals surface area contributed by atoms with Gasteiger partial charge in [0.15, 0.2) is 17.3 Å². The standard InChI is InChI=1S/C24H18F2N2O3/c1-30-21-12-7-15(14-22(21)31-2)13-20-24(29)28(17-10-8-16(25)9-11-17)23(27-20)18-5-3-4-6-19(18)26/h3-14H,1-2H3/b20-13+. The number of carbonyl (C=O) groups is 1. The second kappa shape index (κ2) is 8.39. The molecule has 0 aromatic heterocycles. The van der Waals surface area contributed by atoms with E-state index < -0.39 is 17.5 Å². The quantitative estimate of drug-likeness (QED) is 0.557. The van der Waals surface area contributed by atoms with E-state index in [1.807, 2.05) is 0 Å². The van der Waals surface area contributed by atoms with Crippen LogP contribution in [0.15, 0.2) is 77.4 Å². The van der Waals surface area contributed by atoms with Crippen molar-refractivity contribution in [3.63, 3.8) is 0 Å². The topological polar surface area (TPSA) is 51.1 Å². The molecule has 1 heterocycles. The average molecular weight is 420 g/mol. The smallest absolute Gasteiger partial charge is 0.282 e. The molecule has 1 amide bonds. The molecule has 0 unspecified atom stereocenters. The number of nitrogens with zero attached hydrogens (tertiary/aromatic N) is 2. The number of rotatable bonds is 5. The molecule has 0 spiro atoms. The van der Waals surface area contributed by atoms with Gasteiger partial charge in [-0.3, -0.25) is 9.69 Å². The fraction of sp³-hybridized carbons (Fsp3) is 0.0833. The van der Waals surface area contributed by atoms with Gasteiger partial charge < -0.3 is 9.47 Å². The van der Waals surface area contributed by atoms with E-state index in [0.29, 0.717) is 22.7 Å². The summed E-state index contributed by atoms with van der Waals surface area (Å²) in [5.41, 5.74) is 1.30. The van der Waals surface area contributed by atoms with E-state index in [0.717, 1.165) is 0 Å². The van der Waals surface area contributed by atoms with E-state index in [-0.39, 0.29) is 17.1 Å². The van der Waals surface area contributed by atoms with Crippen molar-refractivity contribution >= 4 is 23.5 Å². The van der Waals surface area contributed by atoms with Crippen LogP contribution in [0.2, 0.25) is 0 Å². The Bertz CT molecular complexity index is 1200. The van der Waals surface area contributed by atoms with Crippen molar-refractivity contribution < 1.29 is 23.0 Å². The lowest BCUT2D eigenvalue weighted by atomic mass is 10.1. The van der Waals surface area contributed by atoms with Crippen LogP contribution in [0, 0.1) is 11.6 Å². The van der Waals surface area contributed by atoms with Crippen LogP contribution < -0.4 is 14.4 Å². The first kappa shape index (κ1) is 20.3. The van der Waals surface area contributed by atoms with Crippen molar-refractivity contribution in [1.29, 1.82) is 0 Å². The normalized spacial score (nSPS) is 14.7. The summed E-state index contributed by atoms with van der Waals surface area (Å²) in [6.45, 7) is 0. The largest absolute Gasteiger partial charge is 0.493 e. The van der Waals surface area contributed by atoms with Gasteiger partial charge in [0, 0.05) is 0 Å². The lowest BCUT2D eigenvalue weighted by Gasteiger charge is -2.18. The number of anilines is 1. The summed E-state index contributed by atoms with van der Waals surface area (Å²) in [7, 11) is 3.04. The van der Waals surface area contributed by atoms with E-state index in [2.05, 4.69) is 4.99 Å². The summed E-state index contributed by atoms with van der Waals surface area (Å²) < 4.78 is 38.5. The number of methoxy groups -OCH3 is 2. The van der Waals surface area contributed by atoms with E-state index in [4.69, 9.17) is 9.47 Å². The first-order chi connectivity index (χ1) is 15.0. The van der Waals surface area contributed by atoms with Gasteiger partial charge in [-0.2, -0.15) is 0 Å². The Morgan fingerprint density at radius 3 is 2.29 bits per heavy atom. The molecule has 0 saturated heterocycles. The minimum absolute atomic E-state index is 0.106. The van der Waals surface area contributed by atoms with Crippen molar-refractivity contribution in [3.05, 3.63) is 95.2 Å². The first-order valence-electron chi connectivity index (χ1n) is 9.39. The Kier molecular flexibility index (Phi) is 5.49. The van der Waals surface area contributed by atoms with E-state index in [1.54, 1.807) is 36.4 Å². The Morgan fingerprint density at radius 1 is 0.903 bits per heavy atom. The number of amidine groups is 1. The van der Waals surface area contributed by atoms with Crippen molar-refractivity contribution in [2.45, 2.75) is 0 Å². The molecule has 4 rings (SSSR count). The molecule has 5 nitrogen and oxygen atoms in total. The molecule has 3 aromatic rings. The van der Waals surface area contributed by atoms with Crippen LogP contribution in [0.5, 0.6) is 11.5 Å². The molecule has 0 radical (unpaired) electrons. The summed E-state index contributed by atoms with van der Waals surface area (Å²) in [4.78, 5) is 18.9. The Balaban J connectivity index is 1.83. The third kappa shape index (κ3) is 3.90. The Morgan fingerprint density at radius 2 is 1.61 bits per heavy atom. The van der Waals surface area contributed by atoms with Crippen LogP contribution in [0.1, 0.15) is 11.1 Å². The van der Waals surface area contributed by atoms with Gasteiger partial charge in [0.2, 0.25) is 0 Å². The molecule has 156 valence electrons. The zero-order chi connectivity index (χ0) is 22.0. The minimum atomic E-state index is -0.520. The fourth-order valence-corrected chi connectivity index (χ4v) is 3.27. The number of aliphatic imine (C=N–C) groups is 1. The molecule has 0 fully saturated rings. The molecule has 0 saturated carbocycles. The molecule has 0 bridgehead atoms. The SMILES string of the molecule is COc1ccc(/C=C2/N=C(c3ccccc3F)N(c3ccc(F)cc3)C2=O)cc1OC. The number of amides is 1. The molecule has 1 aliphatic heterocycles. The van der Waals surface area contributed by atoms with Gasteiger partial charge in [-0.25, -0.2) is 13.8 Å². The average Bonchev–Trinajstić information content (AvgIpc) is 3.10. The second-order valence-electron chi connectivity index (χ2n) is 6.68. The van der Waals surface area contributed by atoms with Gasteiger partial charge in [0.1, 0.15) is 17.3 Å². The number of carbonyl (C=O) groups excluding carboxylic acids is 1. The summed E-state index contributed by atoms with van der Waals surface area (Å²) in [5.74, 6) is -0.252. The molecule has 31 heavy (non-hydrogen) atoms. The predicted octanol–water partition coefficient (Wildman–Crippen LogP) is 4.82. The zero-order valence-electron chi connectivity index (χ0n) is 16.8. The van der Waals surface area contributed by atoms with Crippen LogP contribution in [0.3, 0.4) is 0 Å². The minimum Gasteiger partial charge on any atom is -0.493 e. The molecule has 0 N–H and O–H groups in total.